The van der Waals surface area contributed by atoms with Crippen molar-refractivity contribution in [2.24, 2.45) is 7.05 Å². The fraction of sp³-hybridized carbons (Fsp3) is 0.280. The molecule has 1 aliphatic heterocycles. The number of hydrogen-bond acceptors (Lipinski definition) is 5. The minimum Gasteiger partial charge on any atom is -0.472 e. The number of fused-ring (bicyclic) bond motifs is 2. The van der Waals surface area contributed by atoms with Gasteiger partial charge in [-0.25, -0.2) is 9.97 Å². The van der Waals surface area contributed by atoms with Crippen LogP contribution >= 0.6 is 0 Å². The number of rotatable bonds is 5. The quantitative estimate of drug-likeness (QED) is 0.539. The van der Waals surface area contributed by atoms with Crippen LogP contribution in [0, 0.1) is 0 Å². The number of hydrogen-bond donors (Lipinski definition) is 1. The van der Waals surface area contributed by atoms with Gasteiger partial charge in [0.05, 0.1) is 12.0 Å². The van der Waals surface area contributed by atoms with Gasteiger partial charge in [-0.3, -0.25) is 4.90 Å². The predicted octanol–water partition coefficient (Wildman–Crippen LogP) is 3.78. The number of ether oxygens (including phenoxy) is 1. The topological polar surface area (TPSA) is 63.4 Å². The molecule has 0 spiro atoms. The molecule has 5 rings (SSSR count). The molecule has 2 aromatic heterocycles. The van der Waals surface area contributed by atoms with Crippen molar-refractivity contribution < 1.29 is 9.84 Å². The summed E-state index contributed by atoms with van der Waals surface area (Å²) in [5, 5.41) is 10.5. The van der Waals surface area contributed by atoms with Gasteiger partial charge in [0.15, 0.2) is 11.9 Å². The average molecular weight is 415 g/mol. The van der Waals surface area contributed by atoms with Gasteiger partial charge in [-0.15, -0.1) is 0 Å². The molecular formula is C25H26N4O2. The van der Waals surface area contributed by atoms with Crippen LogP contribution in [0.3, 0.4) is 0 Å². The van der Waals surface area contributed by atoms with Crippen molar-refractivity contribution in [2.45, 2.75) is 32.2 Å². The molecular weight excluding hydrogens is 388 g/mol. The van der Waals surface area contributed by atoms with Gasteiger partial charge < -0.3 is 14.4 Å². The van der Waals surface area contributed by atoms with E-state index in [2.05, 4.69) is 34.1 Å². The van der Waals surface area contributed by atoms with Gasteiger partial charge >= 0.3 is 0 Å². The lowest BCUT2D eigenvalue weighted by Gasteiger charge is -2.37. The highest BCUT2D eigenvalue weighted by molar-refractivity contribution is 5.75. The molecule has 1 N–H and O–H groups in total. The maximum atomic E-state index is 10.5. The first-order valence-electron chi connectivity index (χ1n) is 10.6. The normalized spacial score (nSPS) is 16.1. The molecule has 1 aliphatic rings. The van der Waals surface area contributed by atoms with Gasteiger partial charge in [-0.2, -0.15) is 0 Å². The van der Waals surface area contributed by atoms with E-state index in [9.17, 15) is 5.11 Å². The highest BCUT2D eigenvalue weighted by atomic mass is 16.5. The highest BCUT2D eigenvalue weighted by Crippen LogP contribution is 2.27. The fourth-order valence-corrected chi connectivity index (χ4v) is 4.25. The lowest BCUT2D eigenvalue weighted by molar-refractivity contribution is -0.0646. The van der Waals surface area contributed by atoms with E-state index in [1.807, 2.05) is 48.0 Å². The van der Waals surface area contributed by atoms with Crippen LogP contribution < -0.4 is 4.74 Å². The predicted molar refractivity (Wildman–Crippen MR) is 121 cm³/mol. The number of nitrogens with zero attached hydrogens (tertiary/aromatic N) is 4. The molecule has 31 heavy (non-hydrogen) atoms. The second-order valence-corrected chi connectivity index (χ2v) is 8.16. The van der Waals surface area contributed by atoms with Crippen LogP contribution in [-0.4, -0.2) is 43.4 Å². The highest BCUT2D eigenvalue weighted by Gasteiger charge is 2.28. The molecule has 158 valence electrons. The number of pyridine rings is 1. The molecule has 4 aromatic rings. The van der Waals surface area contributed by atoms with Crippen molar-refractivity contribution in [3.05, 3.63) is 78.1 Å². The van der Waals surface area contributed by atoms with Crippen LogP contribution in [0.5, 0.6) is 5.75 Å². The van der Waals surface area contributed by atoms with Gasteiger partial charge in [-0.1, -0.05) is 36.4 Å². The number of aryl methyl sites for hydroxylation is 1. The molecule has 0 radical (unpaired) electrons. The lowest BCUT2D eigenvalue weighted by atomic mass is 9.99. The third-order valence-electron chi connectivity index (χ3n) is 5.88. The third kappa shape index (κ3) is 3.92. The fourth-order valence-electron chi connectivity index (χ4n) is 4.25. The van der Waals surface area contributed by atoms with Crippen molar-refractivity contribution in [2.75, 3.05) is 6.54 Å². The molecule has 0 saturated heterocycles. The first-order chi connectivity index (χ1) is 15.1. The molecule has 3 heterocycles. The first kappa shape index (κ1) is 19.7. The Labute approximate surface area is 181 Å². The van der Waals surface area contributed by atoms with Gasteiger partial charge in [0.25, 0.3) is 0 Å². The van der Waals surface area contributed by atoms with E-state index in [4.69, 9.17) is 9.72 Å². The number of aliphatic hydroxyl groups is 1. The summed E-state index contributed by atoms with van der Waals surface area (Å²) in [6.45, 7) is 3.40. The van der Waals surface area contributed by atoms with E-state index in [0.29, 0.717) is 5.75 Å². The minimum atomic E-state index is -0.627. The summed E-state index contributed by atoms with van der Waals surface area (Å²) in [5.74, 6) is 0.717. The van der Waals surface area contributed by atoms with Gasteiger partial charge in [0, 0.05) is 25.7 Å². The Bertz CT molecular complexity index is 1220. The Morgan fingerprint density at radius 2 is 1.87 bits per heavy atom. The first-order valence-corrected chi connectivity index (χ1v) is 10.6. The van der Waals surface area contributed by atoms with Crippen LogP contribution in [0.2, 0.25) is 0 Å². The number of imidazole rings is 1. The van der Waals surface area contributed by atoms with Crippen molar-refractivity contribution in [1.29, 1.82) is 0 Å². The Hall–Kier alpha value is -3.22. The maximum Gasteiger partial charge on any atom is 0.178 e. The molecule has 0 amide bonds. The van der Waals surface area contributed by atoms with Gasteiger partial charge in [-0.05, 0) is 48.7 Å². The van der Waals surface area contributed by atoms with Crippen molar-refractivity contribution in [1.82, 2.24) is 19.4 Å². The average Bonchev–Trinajstić information content (AvgIpc) is 3.17. The summed E-state index contributed by atoms with van der Waals surface area (Å²) >= 11 is 0. The number of aromatic nitrogens is 3. The zero-order chi connectivity index (χ0) is 21.4. The van der Waals surface area contributed by atoms with Crippen LogP contribution in [0.25, 0.3) is 22.4 Å². The van der Waals surface area contributed by atoms with Crippen LogP contribution in [0.1, 0.15) is 18.1 Å². The number of benzene rings is 2. The van der Waals surface area contributed by atoms with E-state index in [0.717, 1.165) is 41.9 Å². The van der Waals surface area contributed by atoms with Crippen LogP contribution in [0.15, 0.2) is 67.0 Å². The molecule has 0 saturated carbocycles. The zero-order valence-corrected chi connectivity index (χ0v) is 17.8. The molecule has 2 aromatic carbocycles. The largest absolute Gasteiger partial charge is 0.472 e. The molecule has 0 fully saturated rings. The maximum absolute atomic E-state index is 10.5. The van der Waals surface area contributed by atoms with Crippen LogP contribution in [0.4, 0.5) is 0 Å². The van der Waals surface area contributed by atoms with E-state index in [1.165, 1.54) is 11.1 Å². The lowest BCUT2D eigenvalue weighted by Crippen LogP contribution is -2.48. The summed E-state index contributed by atoms with van der Waals surface area (Å²) in [5.41, 5.74) is 6.22. The summed E-state index contributed by atoms with van der Waals surface area (Å²) < 4.78 is 8.23. The Morgan fingerprint density at radius 3 is 2.71 bits per heavy atom. The van der Waals surface area contributed by atoms with Crippen molar-refractivity contribution >= 4 is 11.2 Å². The van der Waals surface area contributed by atoms with Gasteiger partial charge in [0.2, 0.25) is 0 Å². The molecule has 2 atom stereocenters. The number of aliphatic hydroxyl groups excluding tert-OH is 1. The molecule has 0 bridgehead atoms. The summed E-state index contributed by atoms with van der Waals surface area (Å²) in [6.07, 6.45) is 1.68. The van der Waals surface area contributed by atoms with E-state index < -0.39 is 12.3 Å². The Balaban J connectivity index is 1.40. The SMILES string of the molecule is CC(O)C(Oc1cccc(-c2ccc3ncn(C)c3n2)c1)N1CCc2ccccc2C1. The smallest absolute Gasteiger partial charge is 0.178 e. The minimum absolute atomic E-state index is 0.420. The summed E-state index contributed by atoms with van der Waals surface area (Å²) in [7, 11) is 1.94. The second kappa shape index (κ2) is 8.13. The second-order valence-electron chi connectivity index (χ2n) is 8.16. The van der Waals surface area contributed by atoms with Gasteiger partial charge in [0.1, 0.15) is 17.4 Å². The summed E-state index contributed by atoms with van der Waals surface area (Å²) in [6, 6.07) is 20.3. The van der Waals surface area contributed by atoms with E-state index in [1.54, 1.807) is 13.3 Å². The molecule has 2 unspecified atom stereocenters. The summed E-state index contributed by atoms with van der Waals surface area (Å²) in [4.78, 5) is 11.3. The van der Waals surface area contributed by atoms with E-state index in [-0.39, 0.29) is 0 Å². The molecule has 0 aliphatic carbocycles. The van der Waals surface area contributed by atoms with Crippen molar-refractivity contribution in [3.8, 4) is 17.0 Å². The van der Waals surface area contributed by atoms with E-state index >= 15 is 0 Å². The Kier molecular flexibility index (Phi) is 5.18. The Morgan fingerprint density at radius 1 is 1.03 bits per heavy atom. The standard InChI is InChI=1S/C25H26N4O2/c1-17(30)25(29-13-12-18-6-3-4-7-20(18)15-29)31-21-9-5-8-19(14-21)22-10-11-23-24(27-22)28(2)16-26-23/h3-11,14,16-17,25,30H,12-13,15H2,1-2H3. The van der Waals surface area contributed by atoms with Crippen LogP contribution in [-0.2, 0) is 20.0 Å². The monoisotopic (exact) mass is 414 g/mol. The zero-order valence-electron chi connectivity index (χ0n) is 17.8. The molecule has 6 nitrogen and oxygen atoms in total. The van der Waals surface area contributed by atoms with Crippen molar-refractivity contribution in [3.63, 3.8) is 0 Å². The molecule has 6 heteroatoms. The third-order valence-corrected chi connectivity index (χ3v) is 5.88.